The van der Waals surface area contributed by atoms with E-state index < -0.39 is 0 Å². The molecule has 0 aromatic rings. The molecule has 2 aliphatic rings. The van der Waals surface area contributed by atoms with Crippen LogP contribution in [0.4, 0.5) is 0 Å². The molecule has 78 valence electrons. The van der Waals surface area contributed by atoms with Crippen LogP contribution in [-0.2, 0) is 4.79 Å². The molecule has 0 amide bonds. The van der Waals surface area contributed by atoms with Crippen molar-refractivity contribution in [2.24, 2.45) is 17.3 Å². The average molecular weight is 192 g/mol. The van der Waals surface area contributed by atoms with Crippen molar-refractivity contribution >= 4 is 5.78 Å². The fraction of sp³-hybridized carbons (Fsp3) is 0.769. The largest absolute Gasteiger partial charge is 0.294 e. The minimum atomic E-state index is 0.318. The predicted octanol–water partition coefficient (Wildman–Crippen LogP) is 3.35. The number of carbonyl (C=O) groups is 1. The molecule has 0 heterocycles. The van der Waals surface area contributed by atoms with E-state index in [1.54, 1.807) is 0 Å². The first-order valence-corrected chi connectivity index (χ1v) is 5.67. The summed E-state index contributed by atoms with van der Waals surface area (Å²) in [4.78, 5) is 12.0. The maximum atomic E-state index is 12.0. The molecule has 1 fully saturated rings. The van der Waals surface area contributed by atoms with Crippen LogP contribution in [0.2, 0.25) is 0 Å². The van der Waals surface area contributed by atoms with Crippen molar-refractivity contribution in [2.75, 3.05) is 0 Å². The molecule has 1 saturated carbocycles. The Kier molecular flexibility index (Phi) is 2.09. The summed E-state index contributed by atoms with van der Waals surface area (Å²) in [6.45, 7) is 8.80. The van der Waals surface area contributed by atoms with Gasteiger partial charge in [-0.2, -0.15) is 0 Å². The Balaban J connectivity index is 2.41. The zero-order valence-corrected chi connectivity index (χ0v) is 9.68. The van der Waals surface area contributed by atoms with E-state index in [1.807, 2.05) is 6.92 Å². The lowest BCUT2D eigenvalue weighted by Gasteiger charge is -2.41. The van der Waals surface area contributed by atoms with Crippen LogP contribution in [0.15, 0.2) is 11.1 Å². The topological polar surface area (TPSA) is 17.1 Å². The van der Waals surface area contributed by atoms with E-state index in [-0.39, 0.29) is 0 Å². The highest BCUT2D eigenvalue weighted by Gasteiger charge is 2.47. The van der Waals surface area contributed by atoms with Gasteiger partial charge >= 0.3 is 0 Å². The van der Waals surface area contributed by atoms with Gasteiger partial charge in [-0.05, 0) is 43.6 Å². The quantitative estimate of drug-likeness (QED) is 0.575. The number of hydrogen-bond acceptors (Lipinski definition) is 1. The molecule has 0 aromatic carbocycles. The van der Waals surface area contributed by atoms with Crippen LogP contribution in [0.1, 0.15) is 47.0 Å². The molecule has 0 saturated heterocycles. The average Bonchev–Trinajstić information content (AvgIpc) is 2.31. The second kappa shape index (κ2) is 2.95. The maximum absolute atomic E-state index is 12.0. The highest BCUT2D eigenvalue weighted by atomic mass is 16.1. The third kappa shape index (κ3) is 1.18. The lowest BCUT2D eigenvalue weighted by molar-refractivity contribution is -0.121. The van der Waals surface area contributed by atoms with Crippen molar-refractivity contribution < 1.29 is 4.79 Å². The molecule has 0 N–H and O–H groups in total. The number of hydrogen-bond donors (Lipinski definition) is 0. The lowest BCUT2D eigenvalue weighted by Crippen LogP contribution is -2.35. The fourth-order valence-electron chi connectivity index (χ4n) is 3.52. The molecule has 14 heavy (non-hydrogen) atoms. The molecule has 0 aliphatic heterocycles. The summed E-state index contributed by atoms with van der Waals surface area (Å²) in [5.74, 6) is 1.28. The standard InChI is InChI=1S/C13H20O/c1-8-9(2)12(14)10-6-5-7-13(3,4)11(8)10/h10-11H,5-7H2,1-4H3. The molecule has 1 heteroatoms. The van der Waals surface area contributed by atoms with Crippen molar-refractivity contribution in [3.8, 4) is 0 Å². The van der Waals surface area contributed by atoms with Gasteiger partial charge in [0, 0.05) is 5.92 Å². The van der Waals surface area contributed by atoms with E-state index in [9.17, 15) is 4.79 Å². The normalized spacial score (nSPS) is 36.1. The van der Waals surface area contributed by atoms with Crippen LogP contribution in [0, 0.1) is 17.3 Å². The first-order valence-electron chi connectivity index (χ1n) is 5.67. The fourth-order valence-corrected chi connectivity index (χ4v) is 3.52. The number of rotatable bonds is 0. The molecule has 0 spiro atoms. The Labute approximate surface area is 86.6 Å². The van der Waals surface area contributed by atoms with Crippen LogP contribution in [0.25, 0.3) is 0 Å². The number of allylic oxidation sites excluding steroid dienone is 2. The second-order valence-electron chi connectivity index (χ2n) is 5.64. The van der Waals surface area contributed by atoms with E-state index in [1.165, 1.54) is 18.4 Å². The molecule has 1 nitrogen and oxygen atoms in total. The van der Waals surface area contributed by atoms with Gasteiger partial charge in [-0.1, -0.05) is 25.8 Å². The molecule has 0 bridgehead atoms. The molecule has 2 unspecified atom stereocenters. The van der Waals surface area contributed by atoms with Crippen LogP contribution in [-0.4, -0.2) is 5.78 Å². The monoisotopic (exact) mass is 192 g/mol. The molecule has 2 atom stereocenters. The molecule has 0 aromatic heterocycles. The van der Waals surface area contributed by atoms with Crippen molar-refractivity contribution in [3.63, 3.8) is 0 Å². The van der Waals surface area contributed by atoms with Crippen LogP contribution >= 0.6 is 0 Å². The third-order valence-electron chi connectivity index (χ3n) is 4.34. The zero-order valence-electron chi connectivity index (χ0n) is 9.68. The van der Waals surface area contributed by atoms with Crippen molar-refractivity contribution in [3.05, 3.63) is 11.1 Å². The van der Waals surface area contributed by atoms with Crippen molar-refractivity contribution in [2.45, 2.75) is 47.0 Å². The van der Waals surface area contributed by atoms with Gasteiger partial charge in [0.05, 0.1) is 0 Å². The van der Waals surface area contributed by atoms with Gasteiger partial charge in [-0.15, -0.1) is 0 Å². The van der Waals surface area contributed by atoms with E-state index in [0.717, 1.165) is 12.0 Å². The summed E-state index contributed by atoms with van der Waals surface area (Å²) in [6, 6.07) is 0. The summed E-state index contributed by atoms with van der Waals surface area (Å²) >= 11 is 0. The van der Waals surface area contributed by atoms with Gasteiger partial charge in [0.25, 0.3) is 0 Å². The lowest BCUT2D eigenvalue weighted by atomic mass is 9.63. The van der Waals surface area contributed by atoms with Crippen molar-refractivity contribution in [1.29, 1.82) is 0 Å². The van der Waals surface area contributed by atoms with E-state index in [0.29, 0.717) is 23.0 Å². The third-order valence-corrected chi connectivity index (χ3v) is 4.34. The van der Waals surface area contributed by atoms with Crippen LogP contribution in [0.3, 0.4) is 0 Å². The number of carbonyl (C=O) groups excluding carboxylic acids is 1. The van der Waals surface area contributed by atoms with Gasteiger partial charge in [0.15, 0.2) is 5.78 Å². The summed E-state index contributed by atoms with van der Waals surface area (Å²) < 4.78 is 0. The Morgan fingerprint density at radius 3 is 2.50 bits per heavy atom. The van der Waals surface area contributed by atoms with E-state index in [4.69, 9.17) is 0 Å². The summed E-state index contributed by atoms with van der Waals surface area (Å²) in [5.41, 5.74) is 2.75. The molecular formula is C13H20O. The van der Waals surface area contributed by atoms with Gasteiger partial charge in [0.2, 0.25) is 0 Å². The highest BCUT2D eigenvalue weighted by molar-refractivity contribution is 6.00. The first kappa shape index (κ1) is 9.95. The van der Waals surface area contributed by atoms with Gasteiger partial charge < -0.3 is 0 Å². The minimum absolute atomic E-state index is 0.318. The number of Topliss-reactive ketones (excluding diaryl/α,β-unsaturated/α-hetero) is 1. The minimum Gasteiger partial charge on any atom is -0.294 e. The molecule has 2 aliphatic carbocycles. The van der Waals surface area contributed by atoms with Gasteiger partial charge in [-0.3, -0.25) is 4.79 Å². The van der Waals surface area contributed by atoms with Gasteiger partial charge in [0.1, 0.15) is 0 Å². The van der Waals surface area contributed by atoms with Gasteiger partial charge in [-0.25, -0.2) is 0 Å². The SMILES string of the molecule is CC1=C(C)C2C(CCCC2(C)C)C1=O. The Morgan fingerprint density at radius 1 is 1.29 bits per heavy atom. The molecule has 2 rings (SSSR count). The number of fused-ring (bicyclic) bond motifs is 1. The van der Waals surface area contributed by atoms with Crippen LogP contribution in [0.5, 0.6) is 0 Å². The summed E-state index contributed by atoms with van der Waals surface area (Å²) in [5, 5.41) is 0. The Morgan fingerprint density at radius 2 is 1.93 bits per heavy atom. The van der Waals surface area contributed by atoms with Crippen LogP contribution < -0.4 is 0 Å². The molecular weight excluding hydrogens is 172 g/mol. The number of ketones is 1. The smallest absolute Gasteiger partial charge is 0.162 e. The summed E-state index contributed by atoms with van der Waals surface area (Å²) in [7, 11) is 0. The maximum Gasteiger partial charge on any atom is 0.162 e. The highest BCUT2D eigenvalue weighted by Crippen LogP contribution is 2.52. The Hall–Kier alpha value is -0.590. The van der Waals surface area contributed by atoms with E-state index in [2.05, 4.69) is 20.8 Å². The van der Waals surface area contributed by atoms with E-state index >= 15 is 0 Å². The zero-order chi connectivity index (χ0) is 10.5. The second-order valence-corrected chi connectivity index (χ2v) is 5.64. The molecule has 0 radical (unpaired) electrons. The Bertz CT molecular complexity index is 309. The van der Waals surface area contributed by atoms with Crippen molar-refractivity contribution in [1.82, 2.24) is 0 Å². The first-order chi connectivity index (χ1) is 6.45. The summed E-state index contributed by atoms with van der Waals surface area (Å²) in [6.07, 6.45) is 3.61. The predicted molar refractivity (Wildman–Crippen MR) is 58.0 cm³/mol.